The number of hydrogen-bond acceptors (Lipinski definition) is 20. The summed E-state index contributed by atoms with van der Waals surface area (Å²) in [7, 11) is -13.2. The molecule has 0 spiro atoms. The van der Waals surface area contributed by atoms with Gasteiger partial charge in [0.05, 0.1) is 36.6 Å². The molecule has 8 N–H and O–H groups in total. The molecule has 0 aliphatic heterocycles. The standard InChI is InChI=1S/C38H34N8O18S3/c1-19-13-25(28(62-2)18-31(19)66(56,57)58)40-41-26-16-30(64-12-10-48)27(17-29(26)63-11-9-47)42-43-33-32(67(59,60)61)15-20-14-21(3-8-24(20)36(33)49)39-44-34-35(38(51)52)45-46(37(34)50)22-4-6-23(7-5-22)65(53,54)55/h3-8,13-18,45,47-49H,9-12H2,1-2H3,(H,51,52)(H,53,54,55)(H,56,57,58)(H,59,60,61). The van der Waals surface area contributed by atoms with E-state index in [4.69, 9.17) is 14.2 Å². The fourth-order valence-corrected chi connectivity index (χ4v) is 7.90. The predicted molar refractivity (Wildman–Crippen MR) is 230 cm³/mol. The van der Waals surface area contributed by atoms with Crippen molar-refractivity contribution < 1.29 is 78.3 Å². The van der Waals surface area contributed by atoms with E-state index in [1.54, 1.807) is 0 Å². The molecule has 0 bridgehead atoms. The van der Waals surface area contributed by atoms with Crippen LogP contribution in [0, 0.1) is 6.92 Å². The first-order valence-electron chi connectivity index (χ1n) is 18.6. The lowest BCUT2D eigenvalue weighted by atomic mass is 10.1. The van der Waals surface area contributed by atoms with Crippen molar-refractivity contribution in [2.45, 2.75) is 21.6 Å². The average molecular weight is 987 g/mol. The second-order valence-corrected chi connectivity index (χ2v) is 17.7. The molecule has 1 aromatic heterocycles. The van der Waals surface area contributed by atoms with Crippen molar-refractivity contribution in [1.29, 1.82) is 0 Å². The summed E-state index contributed by atoms with van der Waals surface area (Å²) in [5.74, 6) is -2.87. The molecule has 0 radical (unpaired) electrons. The number of aliphatic hydroxyl groups is 2. The Morgan fingerprint density at radius 3 is 1.75 bits per heavy atom. The van der Waals surface area contributed by atoms with Gasteiger partial charge < -0.3 is 34.6 Å². The summed E-state index contributed by atoms with van der Waals surface area (Å²) in [6.45, 7) is -0.240. The van der Waals surface area contributed by atoms with Crippen LogP contribution in [0.15, 0.2) is 123 Å². The Hall–Kier alpha value is -7.51. The van der Waals surface area contributed by atoms with Crippen LogP contribution in [-0.4, -0.2) is 109 Å². The van der Waals surface area contributed by atoms with E-state index in [-0.39, 0.29) is 75.2 Å². The topological polar surface area (TPSA) is 401 Å². The van der Waals surface area contributed by atoms with Crippen molar-refractivity contribution >= 4 is 81.2 Å². The molecule has 0 aliphatic carbocycles. The number of fused-ring (bicyclic) bond motifs is 1. The van der Waals surface area contributed by atoms with E-state index in [9.17, 15) is 68.9 Å². The van der Waals surface area contributed by atoms with Crippen LogP contribution in [0.5, 0.6) is 23.0 Å². The Kier molecular flexibility index (Phi) is 14.3. The third kappa shape index (κ3) is 11.0. The van der Waals surface area contributed by atoms with Crippen molar-refractivity contribution in [2.75, 3.05) is 33.5 Å². The lowest BCUT2D eigenvalue weighted by molar-refractivity contribution is 0.0690. The van der Waals surface area contributed by atoms with E-state index >= 15 is 0 Å². The first-order chi connectivity index (χ1) is 31.5. The summed E-state index contributed by atoms with van der Waals surface area (Å²) in [4.78, 5) is 23.4. The summed E-state index contributed by atoms with van der Waals surface area (Å²) < 4.78 is 118. The molecule has 0 amide bonds. The summed E-state index contributed by atoms with van der Waals surface area (Å²) >= 11 is 0. The highest BCUT2D eigenvalue weighted by molar-refractivity contribution is 7.86. The van der Waals surface area contributed by atoms with Crippen molar-refractivity contribution in [3.8, 4) is 28.7 Å². The third-order valence-corrected chi connectivity index (χ3v) is 11.8. The van der Waals surface area contributed by atoms with Crippen LogP contribution in [-0.2, 0) is 30.4 Å². The highest BCUT2D eigenvalue weighted by Gasteiger charge is 2.25. The van der Waals surface area contributed by atoms with Gasteiger partial charge in [-0.3, -0.25) is 23.6 Å². The molecule has 26 nitrogen and oxygen atoms in total. The largest absolute Gasteiger partial charge is 0.505 e. The van der Waals surface area contributed by atoms with Gasteiger partial charge in [0.15, 0.2) is 17.1 Å². The lowest BCUT2D eigenvalue weighted by Crippen LogP contribution is -2.14. The molecule has 6 rings (SSSR count). The molecular formula is C38H34N8O18S3. The number of rotatable bonds is 18. The first kappa shape index (κ1) is 48.9. The number of aromatic hydroxyl groups is 1. The van der Waals surface area contributed by atoms with Gasteiger partial charge in [-0.15, -0.1) is 25.6 Å². The number of ether oxygens (including phenoxy) is 3. The number of benzene rings is 5. The molecule has 1 heterocycles. The number of aromatic carboxylic acids is 1. The fourth-order valence-electron chi connectivity index (χ4n) is 6.04. The molecule has 0 saturated carbocycles. The van der Waals surface area contributed by atoms with E-state index in [2.05, 4.69) is 35.8 Å². The van der Waals surface area contributed by atoms with Gasteiger partial charge in [0.2, 0.25) is 0 Å². The maximum absolute atomic E-state index is 13.2. The van der Waals surface area contributed by atoms with Crippen molar-refractivity contribution in [3.05, 3.63) is 94.4 Å². The van der Waals surface area contributed by atoms with Gasteiger partial charge in [-0.2, -0.15) is 30.4 Å². The molecule has 0 atom stereocenters. The minimum atomic E-state index is -5.21. The van der Waals surface area contributed by atoms with Crippen molar-refractivity contribution in [1.82, 2.24) is 9.78 Å². The Balaban J connectivity index is 1.40. The lowest BCUT2D eigenvalue weighted by Gasteiger charge is -2.13. The van der Waals surface area contributed by atoms with E-state index in [0.29, 0.717) is 0 Å². The number of phenolic OH excluding ortho intramolecular Hbond substituents is 1. The van der Waals surface area contributed by atoms with Gasteiger partial charge in [-0.05, 0) is 72.5 Å². The van der Waals surface area contributed by atoms with Gasteiger partial charge in [0.25, 0.3) is 35.9 Å². The quantitative estimate of drug-likeness (QED) is 0.0374. The van der Waals surface area contributed by atoms with Crippen LogP contribution in [0.4, 0.5) is 34.1 Å². The number of methoxy groups -OCH3 is 1. The maximum atomic E-state index is 13.2. The molecule has 0 fully saturated rings. The maximum Gasteiger partial charge on any atom is 0.356 e. The van der Waals surface area contributed by atoms with Gasteiger partial charge >= 0.3 is 5.97 Å². The minimum Gasteiger partial charge on any atom is -0.505 e. The third-order valence-electron chi connectivity index (χ3n) is 9.07. The summed E-state index contributed by atoms with van der Waals surface area (Å²) in [5.41, 5.74) is -3.65. The summed E-state index contributed by atoms with van der Waals surface area (Å²) in [6, 6.07) is 13.3. The number of aliphatic hydroxyl groups excluding tert-OH is 2. The Morgan fingerprint density at radius 1 is 0.672 bits per heavy atom. The molecule has 0 unspecified atom stereocenters. The van der Waals surface area contributed by atoms with Crippen LogP contribution < -0.4 is 19.8 Å². The molecular weight excluding hydrogens is 953 g/mol. The van der Waals surface area contributed by atoms with E-state index in [0.717, 1.165) is 47.1 Å². The second kappa shape index (κ2) is 19.5. The number of phenols is 1. The second-order valence-electron chi connectivity index (χ2n) is 13.5. The number of carboxylic acid groups (broad SMARTS) is 1. The minimum absolute atomic E-state index is 0.00544. The normalized spacial score (nSPS) is 12.5. The number of carboxylic acids is 1. The number of hydrogen-bond donors (Lipinski definition) is 8. The fraction of sp³-hybridized carbons (Fsp3) is 0.158. The smallest absolute Gasteiger partial charge is 0.356 e. The van der Waals surface area contributed by atoms with E-state index < -0.39 is 92.6 Å². The summed E-state index contributed by atoms with van der Waals surface area (Å²) in [6.07, 6.45) is 0. The zero-order valence-electron chi connectivity index (χ0n) is 34.2. The average Bonchev–Trinajstić information content (AvgIpc) is 3.60. The zero-order chi connectivity index (χ0) is 49.0. The highest BCUT2D eigenvalue weighted by Crippen LogP contribution is 2.46. The highest BCUT2D eigenvalue weighted by atomic mass is 32.2. The summed E-state index contributed by atoms with van der Waals surface area (Å²) in [5, 5.41) is 66.2. The molecule has 29 heteroatoms. The molecule has 0 aliphatic rings. The SMILES string of the molecule is COc1cc(S(=O)(=O)O)c(C)cc1N=Nc1cc(OCCO)c(N=Nc2c(S(=O)(=O)O)cc3cc(N=Nc4c(C(=O)O)[nH]n(-c5ccc(S(=O)(=O)O)cc5)c4=O)ccc3c2O)cc1OCCO. The predicted octanol–water partition coefficient (Wildman–Crippen LogP) is 5.77. The van der Waals surface area contributed by atoms with Gasteiger partial charge in [0, 0.05) is 23.6 Å². The molecule has 0 saturated heterocycles. The Labute approximate surface area is 377 Å². The first-order valence-corrected chi connectivity index (χ1v) is 22.9. The number of nitrogens with zero attached hydrogens (tertiary/aromatic N) is 7. The number of aromatic amines is 1. The van der Waals surface area contributed by atoms with E-state index in [1.807, 2.05) is 0 Å². The van der Waals surface area contributed by atoms with Crippen molar-refractivity contribution in [2.24, 2.45) is 30.7 Å². The number of aromatic nitrogens is 2. The Bertz CT molecular complexity index is 3430. The van der Waals surface area contributed by atoms with Gasteiger partial charge in [-0.25, -0.2) is 9.48 Å². The molecule has 67 heavy (non-hydrogen) atoms. The number of nitrogens with one attached hydrogen (secondary N) is 1. The number of H-pyrrole nitrogens is 1. The van der Waals surface area contributed by atoms with Gasteiger partial charge in [0.1, 0.15) is 63.0 Å². The number of azo groups is 3. The number of carbonyl (C=O) groups is 1. The van der Waals surface area contributed by atoms with Crippen LogP contribution in [0.1, 0.15) is 16.1 Å². The molecule has 352 valence electrons. The zero-order valence-corrected chi connectivity index (χ0v) is 36.7. The Morgan fingerprint density at radius 2 is 1.22 bits per heavy atom. The van der Waals surface area contributed by atoms with Crippen LogP contribution in [0.2, 0.25) is 0 Å². The molecule has 6 aromatic rings. The van der Waals surface area contributed by atoms with Gasteiger partial charge in [-0.1, -0.05) is 0 Å². The number of aryl methyl sites for hydroxylation is 1. The van der Waals surface area contributed by atoms with Crippen LogP contribution in [0.3, 0.4) is 0 Å². The van der Waals surface area contributed by atoms with Crippen LogP contribution in [0.25, 0.3) is 16.5 Å². The molecule has 5 aromatic carbocycles. The van der Waals surface area contributed by atoms with E-state index in [1.165, 1.54) is 44.4 Å². The monoisotopic (exact) mass is 986 g/mol. The van der Waals surface area contributed by atoms with Crippen molar-refractivity contribution in [3.63, 3.8) is 0 Å². The van der Waals surface area contributed by atoms with Crippen LogP contribution >= 0.6 is 0 Å².